The number of alkyl halides is 1. The number of hydrogen-bond acceptors (Lipinski definition) is 0. The number of hydrogen-bond donors (Lipinski definition) is 0. The summed E-state index contributed by atoms with van der Waals surface area (Å²) < 4.78 is 0. The Morgan fingerprint density at radius 1 is 0.812 bits per heavy atom. The first-order valence-corrected chi connectivity index (χ1v) is 6.51. The Bertz CT molecular complexity index is 436. The smallest absolute Gasteiger partial charge is 0.0339 e. The van der Waals surface area contributed by atoms with E-state index in [0.29, 0.717) is 4.83 Å². The van der Waals surface area contributed by atoms with Crippen LogP contribution in [0.25, 0.3) is 0 Å². The summed E-state index contributed by atoms with van der Waals surface area (Å²) in [6.45, 7) is 0. The summed E-state index contributed by atoms with van der Waals surface area (Å²) in [6, 6.07) is 21.6. The Balaban J connectivity index is 2.10. The van der Waals surface area contributed by atoms with Gasteiger partial charge in [-0.05, 0) is 17.5 Å². The molecule has 1 saturated carbocycles. The lowest BCUT2D eigenvalue weighted by atomic mass is 9.88. The average Bonchev–Trinajstić information content (AvgIpc) is 3.05. The quantitative estimate of drug-likeness (QED) is 0.721. The highest BCUT2D eigenvalue weighted by Crippen LogP contribution is 2.57. The Labute approximate surface area is 104 Å². The number of rotatable bonds is 2. The van der Waals surface area contributed by atoms with Crippen molar-refractivity contribution in [3.8, 4) is 0 Å². The predicted molar refractivity (Wildman–Crippen MR) is 71.0 cm³/mol. The zero-order chi connectivity index (χ0) is 11.0. The van der Waals surface area contributed by atoms with Crippen molar-refractivity contribution in [2.75, 3.05) is 0 Å². The SMILES string of the molecule is Br[C@H]1CC1(c1ccccc1)c1ccccc1. The molecule has 1 fully saturated rings. The first-order chi connectivity index (χ1) is 7.84. The van der Waals surface area contributed by atoms with Crippen molar-refractivity contribution in [2.24, 2.45) is 0 Å². The molecule has 3 rings (SSSR count). The Morgan fingerprint density at radius 2 is 1.19 bits per heavy atom. The maximum absolute atomic E-state index is 3.78. The Hall–Kier alpha value is -1.08. The van der Waals surface area contributed by atoms with Gasteiger partial charge in [-0.3, -0.25) is 0 Å². The summed E-state index contributed by atoms with van der Waals surface area (Å²) >= 11 is 3.78. The number of benzene rings is 2. The van der Waals surface area contributed by atoms with Crippen LogP contribution in [0, 0.1) is 0 Å². The molecule has 0 saturated heterocycles. The maximum Gasteiger partial charge on any atom is 0.0339 e. The van der Waals surface area contributed by atoms with Crippen LogP contribution in [-0.4, -0.2) is 4.83 Å². The van der Waals surface area contributed by atoms with Gasteiger partial charge in [0.05, 0.1) is 0 Å². The van der Waals surface area contributed by atoms with Gasteiger partial charge >= 0.3 is 0 Å². The van der Waals surface area contributed by atoms with Crippen molar-refractivity contribution in [3.63, 3.8) is 0 Å². The summed E-state index contributed by atoms with van der Waals surface area (Å²) in [4.78, 5) is 0.574. The summed E-state index contributed by atoms with van der Waals surface area (Å²) in [7, 11) is 0. The standard InChI is InChI=1S/C15H13Br/c16-14-11-15(14,12-7-3-1-4-8-12)13-9-5-2-6-10-13/h1-10,14H,11H2/t14-/m0/s1. The van der Waals surface area contributed by atoms with Crippen molar-refractivity contribution in [1.82, 2.24) is 0 Å². The van der Waals surface area contributed by atoms with Crippen LogP contribution >= 0.6 is 15.9 Å². The molecule has 0 aromatic heterocycles. The second-order valence-corrected chi connectivity index (χ2v) is 5.48. The van der Waals surface area contributed by atoms with Gasteiger partial charge < -0.3 is 0 Å². The molecule has 2 aromatic carbocycles. The fraction of sp³-hybridized carbons (Fsp3) is 0.200. The van der Waals surface area contributed by atoms with Crippen molar-refractivity contribution < 1.29 is 0 Å². The highest BCUT2D eigenvalue weighted by molar-refractivity contribution is 9.09. The summed E-state index contributed by atoms with van der Waals surface area (Å²) in [6.07, 6.45) is 1.20. The second kappa shape index (κ2) is 3.74. The minimum atomic E-state index is 0.211. The molecule has 0 spiro atoms. The van der Waals surface area contributed by atoms with E-state index >= 15 is 0 Å². The van der Waals surface area contributed by atoms with Crippen molar-refractivity contribution in [3.05, 3.63) is 71.8 Å². The molecule has 1 aliphatic carbocycles. The molecule has 1 atom stereocenters. The van der Waals surface area contributed by atoms with Crippen LogP contribution in [0.2, 0.25) is 0 Å². The van der Waals surface area contributed by atoms with E-state index in [1.807, 2.05) is 0 Å². The lowest BCUT2D eigenvalue weighted by Crippen LogP contribution is -2.11. The third-order valence-corrected chi connectivity index (χ3v) is 4.56. The lowest BCUT2D eigenvalue weighted by Gasteiger charge is -2.17. The molecular formula is C15H13Br. The minimum Gasteiger partial charge on any atom is -0.0877 e. The van der Waals surface area contributed by atoms with Gasteiger partial charge in [-0.2, -0.15) is 0 Å². The van der Waals surface area contributed by atoms with Crippen molar-refractivity contribution in [2.45, 2.75) is 16.7 Å². The van der Waals surface area contributed by atoms with E-state index in [2.05, 4.69) is 76.6 Å². The van der Waals surface area contributed by atoms with Gasteiger partial charge in [0.25, 0.3) is 0 Å². The van der Waals surface area contributed by atoms with Crippen LogP contribution in [0.1, 0.15) is 17.5 Å². The van der Waals surface area contributed by atoms with Gasteiger partial charge in [-0.25, -0.2) is 0 Å². The Kier molecular flexibility index (Phi) is 2.36. The van der Waals surface area contributed by atoms with Crippen LogP contribution in [0.4, 0.5) is 0 Å². The highest BCUT2D eigenvalue weighted by atomic mass is 79.9. The maximum atomic E-state index is 3.78. The van der Waals surface area contributed by atoms with E-state index in [0.717, 1.165) is 0 Å². The van der Waals surface area contributed by atoms with Gasteiger partial charge in [0.2, 0.25) is 0 Å². The summed E-state index contributed by atoms with van der Waals surface area (Å²) in [5.41, 5.74) is 3.05. The third kappa shape index (κ3) is 1.42. The molecule has 1 heteroatoms. The molecular weight excluding hydrogens is 260 g/mol. The van der Waals surface area contributed by atoms with Crippen LogP contribution in [0.5, 0.6) is 0 Å². The van der Waals surface area contributed by atoms with E-state index in [-0.39, 0.29) is 5.41 Å². The molecule has 0 aliphatic heterocycles. The number of halogens is 1. The van der Waals surface area contributed by atoms with Crippen LogP contribution < -0.4 is 0 Å². The molecule has 0 N–H and O–H groups in total. The van der Waals surface area contributed by atoms with E-state index in [9.17, 15) is 0 Å². The molecule has 0 heterocycles. The monoisotopic (exact) mass is 272 g/mol. The fourth-order valence-corrected chi connectivity index (χ4v) is 3.50. The minimum absolute atomic E-state index is 0.211. The van der Waals surface area contributed by atoms with Crippen LogP contribution in [-0.2, 0) is 5.41 Å². The molecule has 80 valence electrons. The molecule has 0 unspecified atom stereocenters. The largest absolute Gasteiger partial charge is 0.0877 e. The topological polar surface area (TPSA) is 0 Å². The summed E-state index contributed by atoms with van der Waals surface area (Å²) in [5, 5.41) is 0. The summed E-state index contributed by atoms with van der Waals surface area (Å²) in [5.74, 6) is 0. The average molecular weight is 273 g/mol. The van der Waals surface area contributed by atoms with Gasteiger partial charge in [-0.15, -0.1) is 0 Å². The molecule has 1 aliphatic rings. The molecule has 0 radical (unpaired) electrons. The van der Waals surface area contributed by atoms with Crippen molar-refractivity contribution in [1.29, 1.82) is 0 Å². The Morgan fingerprint density at radius 3 is 1.50 bits per heavy atom. The fourth-order valence-electron chi connectivity index (χ4n) is 2.46. The first kappa shape index (κ1) is 10.1. The van der Waals surface area contributed by atoms with Gasteiger partial charge in [0, 0.05) is 10.2 Å². The van der Waals surface area contributed by atoms with E-state index < -0.39 is 0 Å². The lowest BCUT2D eigenvalue weighted by molar-refractivity contribution is 0.854. The molecule has 0 nitrogen and oxygen atoms in total. The molecule has 0 bridgehead atoms. The van der Waals surface area contributed by atoms with Gasteiger partial charge in [0.1, 0.15) is 0 Å². The molecule has 0 amide bonds. The molecule has 2 aromatic rings. The normalized spacial score (nSPS) is 21.7. The van der Waals surface area contributed by atoms with Crippen LogP contribution in [0.15, 0.2) is 60.7 Å². The zero-order valence-corrected chi connectivity index (χ0v) is 10.5. The zero-order valence-electron chi connectivity index (χ0n) is 8.94. The van der Waals surface area contributed by atoms with E-state index in [1.54, 1.807) is 0 Å². The van der Waals surface area contributed by atoms with Crippen molar-refractivity contribution >= 4 is 15.9 Å². The first-order valence-electron chi connectivity index (χ1n) is 5.59. The molecule has 16 heavy (non-hydrogen) atoms. The highest BCUT2D eigenvalue weighted by Gasteiger charge is 2.54. The van der Waals surface area contributed by atoms with Gasteiger partial charge in [-0.1, -0.05) is 76.6 Å². The third-order valence-electron chi connectivity index (χ3n) is 3.45. The van der Waals surface area contributed by atoms with Crippen LogP contribution in [0.3, 0.4) is 0 Å². The second-order valence-electron chi connectivity index (χ2n) is 4.38. The van der Waals surface area contributed by atoms with E-state index in [1.165, 1.54) is 17.5 Å². The van der Waals surface area contributed by atoms with E-state index in [4.69, 9.17) is 0 Å². The predicted octanol–water partition coefficient (Wildman–Crippen LogP) is 4.14. The van der Waals surface area contributed by atoms with Gasteiger partial charge in [0.15, 0.2) is 0 Å².